The normalized spacial score (nSPS) is 12.1. The largest absolute Gasteiger partial charge is 0.357 e. The summed E-state index contributed by atoms with van der Waals surface area (Å²) in [7, 11) is -4.50. The lowest BCUT2D eigenvalue weighted by atomic mass is 10.0. The van der Waals surface area contributed by atoms with Gasteiger partial charge in [-0.15, -0.1) is 0 Å². The molecule has 0 aromatic heterocycles. The van der Waals surface area contributed by atoms with Crippen molar-refractivity contribution < 1.29 is 14.4 Å². The number of hydrogen-bond donors (Lipinski definition) is 2. The van der Waals surface area contributed by atoms with Gasteiger partial charge >= 0.3 is 7.60 Å². The molecule has 0 fully saturated rings. The van der Waals surface area contributed by atoms with Crippen molar-refractivity contribution in [2.75, 3.05) is 0 Å². The number of aryl methyl sites for hydroxylation is 1. The molecule has 2 N–H and O–H groups in total. The molecule has 0 radical (unpaired) electrons. The quantitative estimate of drug-likeness (QED) is 0.611. The average molecular weight is 412 g/mol. The van der Waals surface area contributed by atoms with Crippen LogP contribution in [0.25, 0.3) is 0 Å². The second-order valence-corrected chi connectivity index (χ2v) is 11.5. The highest BCUT2D eigenvalue weighted by atomic mass is 31.2. The molecule has 28 heavy (non-hydrogen) atoms. The summed E-state index contributed by atoms with van der Waals surface area (Å²) in [6, 6.07) is 23.7. The molecule has 0 bridgehead atoms. The summed E-state index contributed by atoms with van der Waals surface area (Å²) >= 11 is 0. The minimum atomic E-state index is -4.50. The van der Waals surface area contributed by atoms with Gasteiger partial charge in [-0.2, -0.15) is 0 Å². The van der Waals surface area contributed by atoms with Crippen LogP contribution in [0.4, 0.5) is 0 Å². The molecule has 0 spiro atoms. The zero-order chi connectivity index (χ0) is 20.4. The van der Waals surface area contributed by atoms with Crippen molar-refractivity contribution in [3.8, 4) is 0 Å². The summed E-state index contributed by atoms with van der Waals surface area (Å²) in [4.78, 5) is 20.7. The van der Waals surface area contributed by atoms with Crippen molar-refractivity contribution in [1.29, 1.82) is 0 Å². The lowest BCUT2D eigenvalue weighted by molar-refractivity contribution is 0.387. The van der Waals surface area contributed by atoms with Crippen LogP contribution in [-0.4, -0.2) is 16.1 Å². The van der Waals surface area contributed by atoms with E-state index < -0.39 is 14.5 Å². The van der Waals surface area contributed by atoms with Crippen molar-refractivity contribution in [1.82, 2.24) is 0 Å². The summed E-state index contributed by atoms with van der Waals surface area (Å²) in [6.45, 7) is 1.49. The lowest BCUT2D eigenvalue weighted by Crippen LogP contribution is -2.36. The molecule has 5 heteroatoms. The van der Waals surface area contributed by atoms with Gasteiger partial charge in [0.15, 0.2) is 0 Å². The van der Waals surface area contributed by atoms with Gasteiger partial charge in [0.05, 0.1) is 5.30 Å². The van der Waals surface area contributed by atoms with Crippen LogP contribution in [0, 0.1) is 0 Å². The van der Waals surface area contributed by atoms with Crippen LogP contribution in [0.2, 0.25) is 0 Å². The van der Waals surface area contributed by atoms with Gasteiger partial charge in [-0.25, -0.2) is 0 Å². The molecular formula is C23H26O3P2. The first-order valence-corrected chi connectivity index (χ1v) is 13.0. The van der Waals surface area contributed by atoms with Crippen molar-refractivity contribution in [2.24, 2.45) is 0 Å². The Bertz CT molecular complexity index is 1010. The summed E-state index contributed by atoms with van der Waals surface area (Å²) in [5.74, 6) is 0. The Balaban J connectivity index is 2.47. The van der Waals surface area contributed by atoms with Gasteiger partial charge < -0.3 is 9.79 Å². The Morgan fingerprint density at radius 1 is 0.786 bits per heavy atom. The Hall–Kier alpha value is -1.89. The highest BCUT2D eigenvalue weighted by Gasteiger charge is 2.33. The van der Waals surface area contributed by atoms with Gasteiger partial charge in [0.2, 0.25) is 0 Å². The van der Waals surface area contributed by atoms with Crippen LogP contribution >= 0.6 is 14.5 Å². The predicted molar refractivity (Wildman–Crippen MR) is 123 cm³/mol. The fraction of sp³-hybridized carbons (Fsp3) is 0.174. The molecule has 0 unspecified atom stereocenters. The van der Waals surface area contributed by atoms with Gasteiger partial charge in [-0.3, -0.25) is 4.57 Å². The summed E-state index contributed by atoms with van der Waals surface area (Å²) in [5, 5.41) is 2.85. The molecule has 0 atom stereocenters. The van der Waals surface area contributed by atoms with Gasteiger partial charge in [-0.1, -0.05) is 92.9 Å². The van der Waals surface area contributed by atoms with Gasteiger partial charge in [0.1, 0.15) is 0 Å². The first-order valence-electron chi connectivity index (χ1n) is 9.40. The number of benzene rings is 3. The van der Waals surface area contributed by atoms with Crippen molar-refractivity contribution in [3.63, 3.8) is 0 Å². The molecule has 0 aliphatic heterocycles. The van der Waals surface area contributed by atoms with Crippen LogP contribution in [0.5, 0.6) is 0 Å². The Morgan fingerprint density at radius 3 is 1.68 bits per heavy atom. The summed E-state index contributed by atoms with van der Waals surface area (Å²) in [5.41, 5.74) is 1.74. The van der Waals surface area contributed by atoms with Crippen LogP contribution in [0.15, 0.2) is 72.8 Å². The van der Waals surface area contributed by atoms with E-state index in [2.05, 4.69) is 6.30 Å². The van der Waals surface area contributed by atoms with Gasteiger partial charge in [0.25, 0.3) is 0 Å². The van der Waals surface area contributed by atoms with Crippen molar-refractivity contribution in [2.45, 2.75) is 26.7 Å². The van der Waals surface area contributed by atoms with E-state index in [4.69, 9.17) is 0 Å². The van der Waals surface area contributed by atoms with E-state index in [1.807, 2.05) is 86.6 Å². The van der Waals surface area contributed by atoms with Crippen LogP contribution in [0.3, 0.4) is 0 Å². The predicted octanol–water partition coefficient (Wildman–Crippen LogP) is 3.34. The molecule has 3 aromatic rings. The molecular weight excluding hydrogens is 386 g/mol. The molecule has 3 nitrogen and oxygen atoms in total. The fourth-order valence-corrected chi connectivity index (χ4v) is 8.79. The molecule has 146 valence electrons. The highest BCUT2D eigenvalue weighted by Crippen LogP contribution is 2.46. The molecule has 0 saturated carbocycles. The Morgan fingerprint density at radius 2 is 1.29 bits per heavy atom. The van der Waals surface area contributed by atoms with Crippen LogP contribution in [-0.2, 0) is 17.4 Å². The Kier molecular flexibility index (Phi) is 6.12. The molecule has 0 amide bonds. The molecule has 3 aromatic carbocycles. The second-order valence-electron chi connectivity index (χ2n) is 6.80. The third kappa shape index (κ3) is 3.69. The van der Waals surface area contributed by atoms with Crippen LogP contribution in [0.1, 0.15) is 25.0 Å². The van der Waals surface area contributed by atoms with Gasteiger partial charge in [0, 0.05) is 0 Å². The first-order chi connectivity index (χ1) is 13.3. The average Bonchev–Trinajstić information content (AvgIpc) is 2.72. The standard InChI is InChI=1S/C23H26O3P2/c1-4-18-16-17-22(23(21(18)5-2)28(24,25)26)27(3,19-12-8-6-9-13-19)20-14-10-7-11-15-20/h6-17H,3-5H2,1-2H3,(H2,24,25,26). The van der Waals surface area contributed by atoms with E-state index in [9.17, 15) is 14.4 Å². The number of rotatable bonds is 6. The van der Waals surface area contributed by atoms with E-state index in [1.54, 1.807) is 0 Å². The first kappa shape index (κ1) is 20.8. The molecule has 0 saturated heterocycles. The van der Waals surface area contributed by atoms with E-state index in [0.717, 1.165) is 28.2 Å². The number of hydrogen-bond acceptors (Lipinski definition) is 1. The topological polar surface area (TPSA) is 57.5 Å². The monoisotopic (exact) mass is 412 g/mol. The van der Waals surface area contributed by atoms with Gasteiger partial charge in [-0.05, 0) is 46.8 Å². The van der Waals surface area contributed by atoms with Crippen molar-refractivity contribution >= 4 is 42.0 Å². The zero-order valence-electron chi connectivity index (χ0n) is 16.2. The van der Waals surface area contributed by atoms with E-state index >= 15 is 0 Å². The minimum absolute atomic E-state index is 0.172. The van der Waals surface area contributed by atoms with E-state index in [0.29, 0.717) is 11.7 Å². The summed E-state index contributed by atoms with van der Waals surface area (Å²) in [6.07, 6.45) is 5.96. The SMILES string of the molecule is C=P(c1ccccc1)(c1ccccc1)c1ccc(CC)c(CC)c1P(=O)(O)O. The minimum Gasteiger partial charge on any atom is -0.321 e. The maximum Gasteiger partial charge on any atom is 0.357 e. The molecule has 0 aliphatic carbocycles. The molecule has 0 aliphatic rings. The molecule has 3 rings (SSSR count). The summed E-state index contributed by atoms with van der Waals surface area (Å²) < 4.78 is 12.7. The zero-order valence-corrected chi connectivity index (χ0v) is 18.0. The highest BCUT2D eigenvalue weighted by molar-refractivity contribution is 7.94. The fourth-order valence-electron chi connectivity index (χ4n) is 3.82. The lowest BCUT2D eigenvalue weighted by Gasteiger charge is -2.30. The van der Waals surface area contributed by atoms with E-state index in [-0.39, 0.29) is 5.30 Å². The van der Waals surface area contributed by atoms with Crippen molar-refractivity contribution in [3.05, 3.63) is 83.9 Å². The Labute approximate surface area is 167 Å². The molecule has 0 heterocycles. The third-order valence-electron chi connectivity index (χ3n) is 5.19. The smallest absolute Gasteiger partial charge is 0.321 e. The van der Waals surface area contributed by atoms with E-state index in [1.165, 1.54) is 0 Å². The van der Waals surface area contributed by atoms with Crippen LogP contribution < -0.4 is 21.2 Å². The maximum absolute atomic E-state index is 12.7. The maximum atomic E-state index is 12.7. The third-order valence-corrected chi connectivity index (χ3v) is 10.0. The second kappa shape index (κ2) is 8.23.